The molecule has 1 aromatic carbocycles. The third-order valence-corrected chi connectivity index (χ3v) is 2.66. The molecule has 0 aliphatic heterocycles. The average Bonchev–Trinajstić information content (AvgIpc) is 2.79. The molecule has 1 aliphatic carbocycles. The molecule has 0 atom stereocenters. The largest absolute Gasteiger partial charge is 0.573 e. The fraction of sp³-hybridized carbons (Fsp3) is 0.308. The highest BCUT2D eigenvalue weighted by Gasteiger charge is 2.31. The van der Waals surface area contributed by atoms with E-state index in [0.717, 1.165) is 18.9 Å². The Labute approximate surface area is 102 Å². The second-order valence-corrected chi connectivity index (χ2v) is 4.03. The van der Waals surface area contributed by atoms with Crippen molar-refractivity contribution in [3.63, 3.8) is 0 Å². The molecule has 2 rings (SSSR count). The van der Waals surface area contributed by atoms with Gasteiger partial charge in [-0.3, -0.25) is 4.79 Å². The van der Waals surface area contributed by atoms with Crippen LogP contribution in [-0.4, -0.2) is 12.1 Å². The highest BCUT2D eigenvalue weighted by molar-refractivity contribution is 6.09. The van der Waals surface area contributed by atoms with Gasteiger partial charge in [0.25, 0.3) is 0 Å². The van der Waals surface area contributed by atoms with Crippen molar-refractivity contribution >= 4 is 5.78 Å². The van der Waals surface area contributed by atoms with E-state index in [1.165, 1.54) is 18.2 Å². The SMILES string of the molecule is O=C(C1=CCCC1)c1cccc(OC(F)(F)F)c1. The summed E-state index contributed by atoms with van der Waals surface area (Å²) in [6, 6.07) is 5.16. The summed E-state index contributed by atoms with van der Waals surface area (Å²) < 4.78 is 40.0. The quantitative estimate of drug-likeness (QED) is 0.767. The molecule has 0 saturated carbocycles. The van der Waals surface area contributed by atoms with Gasteiger partial charge >= 0.3 is 6.36 Å². The summed E-state index contributed by atoms with van der Waals surface area (Å²) in [5, 5.41) is 0. The van der Waals surface area contributed by atoms with Gasteiger partial charge in [-0.05, 0) is 37.0 Å². The second kappa shape index (κ2) is 4.84. The minimum absolute atomic E-state index is 0.222. The van der Waals surface area contributed by atoms with Gasteiger partial charge in [-0.2, -0.15) is 0 Å². The van der Waals surface area contributed by atoms with E-state index in [4.69, 9.17) is 0 Å². The molecule has 0 aromatic heterocycles. The second-order valence-electron chi connectivity index (χ2n) is 4.03. The summed E-state index contributed by atoms with van der Waals surface area (Å²) in [4.78, 5) is 12.0. The van der Waals surface area contributed by atoms with E-state index in [1.807, 2.05) is 6.08 Å². The van der Waals surface area contributed by atoms with Crippen LogP contribution < -0.4 is 4.74 Å². The smallest absolute Gasteiger partial charge is 0.406 e. The van der Waals surface area contributed by atoms with Crippen molar-refractivity contribution in [2.24, 2.45) is 0 Å². The molecule has 0 fully saturated rings. The number of alkyl halides is 3. The summed E-state index contributed by atoms with van der Waals surface area (Å²) in [6.07, 6.45) is -0.462. The summed E-state index contributed by atoms with van der Waals surface area (Å²) in [5.41, 5.74) is 0.893. The van der Waals surface area contributed by atoms with E-state index >= 15 is 0 Å². The van der Waals surface area contributed by atoms with E-state index in [9.17, 15) is 18.0 Å². The number of Topliss-reactive ketones (excluding diaryl/α,β-unsaturated/α-hetero) is 1. The van der Waals surface area contributed by atoms with E-state index < -0.39 is 6.36 Å². The molecular formula is C13H11F3O2. The summed E-state index contributed by atoms with van der Waals surface area (Å²) in [5.74, 6) is -0.591. The highest BCUT2D eigenvalue weighted by atomic mass is 19.4. The van der Waals surface area contributed by atoms with Crippen molar-refractivity contribution < 1.29 is 22.7 Å². The van der Waals surface area contributed by atoms with Crippen molar-refractivity contribution in [2.45, 2.75) is 25.6 Å². The lowest BCUT2D eigenvalue weighted by Gasteiger charge is -2.09. The molecule has 96 valence electrons. The lowest BCUT2D eigenvalue weighted by atomic mass is 10.0. The Morgan fingerprint density at radius 1 is 1.28 bits per heavy atom. The number of halogens is 3. The number of hydrogen-bond acceptors (Lipinski definition) is 2. The van der Waals surface area contributed by atoms with Crippen molar-refractivity contribution in [3.8, 4) is 5.75 Å². The molecule has 0 N–H and O–H groups in total. The van der Waals surface area contributed by atoms with Crippen molar-refractivity contribution in [1.82, 2.24) is 0 Å². The minimum atomic E-state index is -4.74. The number of rotatable bonds is 3. The van der Waals surface area contributed by atoms with Crippen LogP contribution in [0.4, 0.5) is 13.2 Å². The fourth-order valence-electron chi connectivity index (χ4n) is 1.90. The van der Waals surface area contributed by atoms with E-state index in [1.54, 1.807) is 0 Å². The number of carbonyl (C=O) groups is 1. The summed E-state index contributed by atoms with van der Waals surface area (Å²) >= 11 is 0. The van der Waals surface area contributed by atoms with Crippen LogP contribution in [0, 0.1) is 0 Å². The van der Waals surface area contributed by atoms with Crippen LogP contribution in [0.5, 0.6) is 5.75 Å². The van der Waals surface area contributed by atoms with Gasteiger partial charge in [-0.25, -0.2) is 0 Å². The van der Waals surface area contributed by atoms with Crippen molar-refractivity contribution in [1.29, 1.82) is 0 Å². The molecular weight excluding hydrogens is 245 g/mol. The molecule has 0 radical (unpaired) electrons. The maximum Gasteiger partial charge on any atom is 0.573 e. The van der Waals surface area contributed by atoms with Gasteiger partial charge in [-0.1, -0.05) is 18.2 Å². The van der Waals surface area contributed by atoms with Gasteiger partial charge in [0.2, 0.25) is 0 Å². The molecule has 18 heavy (non-hydrogen) atoms. The Hall–Kier alpha value is -1.78. The Balaban J connectivity index is 2.19. The molecule has 0 amide bonds. The molecule has 0 bridgehead atoms. The molecule has 0 spiro atoms. The molecule has 1 aliphatic rings. The van der Waals surface area contributed by atoms with Crippen LogP contribution in [0.15, 0.2) is 35.9 Å². The summed E-state index contributed by atoms with van der Waals surface area (Å²) in [7, 11) is 0. The molecule has 2 nitrogen and oxygen atoms in total. The van der Waals surface area contributed by atoms with Crippen LogP contribution in [0.3, 0.4) is 0 Å². The number of carbonyl (C=O) groups excluding carboxylic acids is 1. The first-order valence-electron chi connectivity index (χ1n) is 5.55. The highest BCUT2D eigenvalue weighted by Crippen LogP contribution is 2.26. The van der Waals surface area contributed by atoms with Gasteiger partial charge in [0.15, 0.2) is 5.78 Å². The maximum absolute atomic E-state index is 12.1. The van der Waals surface area contributed by atoms with Crippen molar-refractivity contribution in [3.05, 3.63) is 41.5 Å². The zero-order valence-electron chi connectivity index (χ0n) is 9.46. The summed E-state index contributed by atoms with van der Waals surface area (Å²) in [6.45, 7) is 0. The zero-order valence-corrected chi connectivity index (χ0v) is 9.46. The third-order valence-electron chi connectivity index (χ3n) is 2.66. The van der Waals surface area contributed by atoms with E-state index in [2.05, 4.69) is 4.74 Å². The molecule has 1 aromatic rings. The first-order chi connectivity index (χ1) is 8.46. The molecule has 5 heteroatoms. The molecule has 0 heterocycles. The Bertz CT molecular complexity index is 489. The van der Waals surface area contributed by atoms with Gasteiger partial charge in [0, 0.05) is 5.56 Å². The number of ketones is 1. The molecule has 0 saturated heterocycles. The predicted molar refractivity (Wildman–Crippen MR) is 59.4 cm³/mol. The van der Waals surface area contributed by atoms with Crippen molar-refractivity contribution in [2.75, 3.05) is 0 Å². The number of ether oxygens (including phenoxy) is 1. The zero-order chi connectivity index (χ0) is 13.2. The Morgan fingerprint density at radius 2 is 2.06 bits per heavy atom. The van der Waals surface area contributed by atoms with Crippen LogP contribution in [-0.2, 0) is 0 Å². The number of benzene rings is 1. The Morgan fingerprint density at radius 3 is 2.67 bits per heavy atom. The first-order valence-corrected chi connectivity index (χ1v) is 5.55. The first kappa shape index (κ1) is 12.7. The Kier molecular flexibility index (Phi) is 3.41. The van der Waals surface area contributed by atoms with Gasteiger partial charge in [0.1, 0.15) is 5.75 Å². The average molecular weight is 256 g/mol. The number of hydrogen-bond donors (Lipinski definition) is 0. The van der Waals surface area contributed by atoms with Gasteiger partial charge < -0.3 is 4.74 Å². The number of allylic oxidation sites excluding steroid dienone is 2. The fourth-order valence-corrected chi connectivity index (χ4v) is 1.90. The van der Waals surface area contributed by atoms with E-state index in [0.29, 0.717) is 12.0 Å². The standard InChI is InChI=1S/C13H11F3O2/c14-13(15,16)18-11-7-3-6-10(8-11)12(17)9-4-1-2-5-9/h3-4,6-8H,1-2,5H2. The maximum atomic E-state index is 12.1. The van der Waals surface area contributed by atoms with E-state index in [-0.39, 0.29) is 17.1 Å². The van der Waals surface area contributed by atoms with Gasteiger partial charge in [0.05, 0.1) is 0 Å². The van der Waals surface area contributed by atoms with Crippen LogP contribution in [0.25, 0.3) is 0 Å². The molecule has 0 unspecified atom stereocenters. The topological polar surface area (TPSA) is 26.3 Å². The van der Waals surface area contributed by atoms with Gasteiger partial charge in [-0.15, -0.1) is 13.2 Å². The third kappa shape index (κ3) is 3.12. The minimum Gasteiger partial charge on any atom is -0.406 e. The van der Waals surface area contributed by atoms with Crippen LogP contribution in [0.2, 0.25) is 0 Å². The lowest BCUT2D eigenvalue weighted by Crippen LogP contribution is -2.17. The monoisotopic (exact) mass is 256 g/mol. The predicted octanol–water partition coefficient (Wildman–Crippen LogP) is 3.88. The lowest BCUT2D eigenvalue weighted by molar-refractivity contribution is -0.274. The van der Waals surface area contributed by atoms with Crippen LogP contribution >= 0.6 is 0 Å². The van der Waals surface area contributed by atoms with Crippen LogP contribution in [0.1, 0.15) is 29.6 Å². The normalized spacial score (nSPS) is 15.4.